The number of oxime groups is 1. The number of nitrogens with zero attached hydrogens (tertiary/aromatic N) is 1. The van der Waals surface area contributed by atoms with Crippen LogP contribution in [-0.2, 0) is 4.84 Å². The Morgan fingerprint density at radius 2 is 2.18 bits per heavy atom. The first-order chi connectivity index (χ1) is 8.28. The molecule has 2 fully saturated rings. The molecule has 0 amide bonds. The predicted octanol–water partition coefficient (Wildman–Crippen LogP) is 4.15. The number of hydrogen-bond acceptors (Lipinski definition) is 2. The molecule has 2 nitrogen and oxygen atoms in total. The minimum Gasteiger partial charge on any atom is -0.388 e. The van der Waals surface area contributed by atoms with Gasteiger partial charge in [0.05, 0.1) is 5.71 Å². The smallest absolute Gasteiger partial charge is 0.148 e. The van der Waals surface area contributed by atoms with Gasteiger partial charge in [0, 0.05) is 11.8 Å². The van der Waals surface area contributed by atoms with Gasteiger partial charge in [-0.3, -0.25) is 0 Å². The van der Waals surface area contributed by atoms with Gasteiger partial charge in [-0.1, -0.05) is 31.3 Å². The van der Waals surface area contributed by atoms with Crippen molar-refractivity contribution >= 4 is 5.71 Å². The van der Waals surface area contributed by atoms with Gasteiger partial charge in [-0.25, -0.2) is 0 Å². The van der Waals surface area contributed by atoms with Gasteiger partial charge >= 0.3 is 0 Å². The van der Waals surface area contributed by atoms with Gasteiger partial charge in [0.2, 0.25) is 0 Å². The van der Waals surface area contributed by atoms with Crippen LogP contribution in [0.5, 0.6) is 0 Å². The fourth-order valence-corrected chi connectivity index (χ4v) is 4.69. The zero-order valence-electron chi connectivity index (χ0n) is 11.2. The summed E-state index contributed by atoms with van der Waals surface area (Å²) in [5, 5.41) is 4.35. The molecule has 2 bridgehead atoms. The van der Waals surface area contributed by atoms with Crippen LogP contribution in [0, 0.1) is 17.8 Å². The van der Waals surface area contributed by atoms with Crippen LogP contribution in [0.3, 0.4) is 0 Å². The quantitative estimate of drug-likeness (QED) is 0.656. The molecule has 0 aromatic rings. The maximum absolute atomic E-state index is 5.98. The molecule has 1 aliphatic heterocycles. The summed E-state index contributed by atoms with van der Waals surface area (Å²) in [4.78, 5) is 5.98. The van der Waals surface area contributed by atoms with Crippen LogP contribution in [0.2, 0.25) is 0 Å². The van der Waals surface area contributed by atoms with Crippen molar-refractivity contribution in [1.82, 2.24) is 0 Å². The third kappa shape index (κ3) is 1.63. The fraction of sp³-hybridized carbons (Fsp3) is 0.933. The summed E-state index contributed by atoms with van der Waals surface area (Å²) in [5.41, 5.74) is 1.42. The SMILES string of the molecule is CCCCCC[C@]12ON=C(C)[C@H]1[C@@H]1CC[C@H]2C1. The highest BCUT2D eigenvalue weighted by atomic mass is 16.7. The van der Waals surface area contributed by atoms with Crippen molar-refractivity contribution in [2.75, 3.05) is 0 Å². The van der Waals surface area contributed by atoms with Crippen molar-refractivity contribution in [3.63, 3.8) is 0 Å². The van der Waals surface area contributed by atoms with E-state index in [4.69, 9.17) is 4.84 Å². The van der Waals surface area contributed by atoms with E-state index in [0.29, 0.717) is 5.92 Å². The van der Waals surface area contributed by atoms with Crippen molar-refractivity contribution in [3.05, 3.63) is 0 Å². The molecule has 0 saturated heterocycles. The number of unbranched alkanes of at least 4 members (excludes halogenated alkanes) is 3. The van der Waals surface area contributed by atoms with E-state index < -0.39 is 0 Å². The lowest BCUT2D eigenvalue weighted by molar-refractivity contribution is -0.0858. The van der Waals surface area contributed by atoms with Crippen LogP contribution in [0.1, 0.15) is 65.2 Å². The normalized spacial score (nSPS) is 42.5. The highest BCUT2D eigenvalue weighted by molar-refractivity contribution is 5.87. The molecule has 0 aromatic heterocycles. The van der Waals surface area contributed by atoms with E-state index >= 15 is 0 Å². The molecule has 0 unspecified atom stereocenters. The van der Waals surface area contributed by atoms with E-state index in [9.17, 15) is 0 Å². The Morgan fingerprint density at radius 3 is 3.00 bits per heavy atom. The molecule has 17 heavy (non-hydrogen) atoms. The molecule has 96 valence electrons. The lowest BCUT2D eigenvalue weighted by Gasteiger charge is -2.36. The summed E-state index contributed by atoms with van der Waals surface area (Å²) in [6, 6.07) is 0. The number of rotatable bonds is 5. The van der Waals surface area contributed by atoms with E-state index in [0.717, 1.165) is 11.8 Å². The number of hydrogen-bond donors (Lipinski definition) is 0. The summed E-state index contributed by atoms with van der Waals surface area (Å²) >= 11 is 0. The Morgan fingerprint density at radius 1 is 1.29 bits per heavy atom. The topological polar surface area (TPSA) is 21.6 Å². The first kappa shape index (κ1) is 11.6. The molecule has 4 atom stereocenters. The zero-order valence-corrected chi connectivity index (χ0v) is 11.2. The standard InChI is InChI=1S/C15H25NO/c1-3-4-5-6-9-15-13-8-7-12(10-13)14(15)11(2)16-17-15/h12-14H,3-10H2,1-2H3/t12-,13+,14+,15-/m1/s1. The van der Waals surface area contributed by atoms with E-state index in [1.165, 1.54) is 57.1 Å². The first-order valence-corrected chi connectivity index (χ1v) is 7.50. The summed E-state index contributed by atoms with van der Waals surface area (Å²) in [6.45, 7) is 4.46. The van der Waals surface area contributed by atoms with E-state index in [1.807, 2.05) is 0 Å². The molecule has 0 spiro atoms. The Kier molecular flexibility index (Phi) is 2.92. The third-order valence-corrected chi connectivity index (χ3v) is 5.39. The van der Waals surface area contributed by atoms with Crippen LogP contribution in [0.25, 0.3) is 0 Å². The van der Waals surface area contributed by atoms with E-state index in [-0.39, 0.29) is 5.60 Å². The molecular weight excluding hydrogens is 210 g/mol. The third-order valence-electron chi connectivity index (χ3n) is 5.39. The minimum absolute atomic E-state index is 0.140. The number of fused-ring (bicyclic) bond motifs is 5. The van der Waals surface area contributed by atoms with Gasteiger partial charge in [0.25, 0.3) is 0 Å². The van der Waals surface area contributed by atoms with E-state index in [2.05, 4.69) is 19.0 Å². The average Bonchev–Trinajstić information content (AvgIpc) is 2.98. The van der Waals surface area contributed by atoms with Gasteiger partial charge in [-0.15, -0.1) is 0 Å². The second kappa shape index (κ2) is 4.29. The summed E-state index contributed by atoms with van der Waals surface area (Å²) < 4.78 is 0. The van der Waals surface area contributed by atoms with Crippen molar-refractivity contribution < 1.29 is 4.84 Å². The molecule has 2 aliphatic carbocycles. The summed E-state index contributed by atoms with van der Waals surface area (Å²) in [7, 11) is 0. The molecular formula is C15H25NO. The van der Waals surface area contributed by atoms with Crippen LogP contribution in [0.4, 0.5) is 0 Å². The molecule has 0 N–H and O–H groups in total. The summed E-state index contributed by atoms with van der Waals surface area (Å²) in [6.07, 6.45) is 10.8. The highest BCUT2D eigenvalue weighted by Crippen LogP contribution is 2.60. The molecule has 3 rings (SSSR count). The average molecular weight is 235 g/mol. The molecule has 3 aliphatic rings. The molecule has 2 saturated carbocycles. The van der Waals surface area contributed by atoms with Crippen LogP contribution >= 0.6 is 0 Å². The van der Waals surface area contributed by atoms with Gasteiger partial charge in [-0.2, -0.15) is 0 Å². The van der Waals surface area contributed by atoms with Gasteiger partial charge in [0.15, 0.2) is 0 Å². The van der Waals surface area contributed by atoms with Gasteiger partial charge in [0.1, 0.15) is 5.60 Å². The molecule has 2 heteroatoms. The Hall–Kier alpha value is -0.530. The second-order valence-electron chi connectivity index (χ2n) is 6.34. The Labute approximate surface area is 105 Å². The maximum Gasteiger partial charge on any atom is 0.148 e. The van der Waals surface area contributed by atoms with Gasteiger partial charge in [-0.05, 0) is 44.9 Å². The van der Waals surface area contributed by atoms with Crippen molar-refractivity contribution in [1.29, 1.82) is 0 Å². The molecule has 1 heterocycles. The predicted molar refractivity (Wildman–Crippen MR) is 70.0 cm³/mol. The Balaban J connectivity index is 1.68. The lowest BCUT2D eigenvalue weighted by Crippen LogP contribution is -2.43. The second-order valence-corrected chi connectivity index (χ2v) is 6.34. The molecule has 0 radical (unpaired) electrons. The van der Waals surface area contributed by atoms with Crippen LogP contribution in [-0.4, -0.2) is 11.3 Å². The minimum atomic E-state index is 0.140. The van der Waals surface area contributed by atoms with Crippen LogP contribution < -0.4 is 0 Å². The Bertz CT molecular complexity index is 325. The fourth-order valence-electron chi connectivity index (χ4n) is 4.69. The lowest BCUT2D eigenvalue weighted by atomic mass is 9.71. The zero-order chi connectivity index (χ0) is 11.9. The highest BCUT2D eigenvalue weighted by Gasteiger charge is 2.63. The van der Waals surface area contributed by atoms with Crippen molar-refractivity contribution in [2.24, 2.45) is 22.9 Å². The molecule has 0 aromatic carbocycles. The van der Waals surface area contributed by atoms with Crippen molar-refractivity contribution in [3.8, 4) is 0 Å². The largest absolute Gasteiger partial charge is 0.388 e. The van der Waals surface area contributed by atoms with Crippen LogP contribution in [0.15, 0.2) is 5.16 Å². The monoisotopic (exact) mass is 235 g/mol. The first-order valence-electron chi connectivity index (χ1n) is 7.50. The van der Waals surface area contributed by atoms with E-state index in [1.54, 1.807) is 0 Å². The summed E-state index contributed by atoms with van der Waals surface area (Å²) in [5.74, 6) is 2.36. The van der Waals surface area contributed by atoms with Gasteiger partial charge < -0.3 is 4.84 Å². The maximum atomic E-state index is 5.98. The van der Waals surface area contributed by atoms with Crippen molar-refractivity contribution in [2.45, 2.75) is 70.8 Å².